The lowest BCUT2D eigenvalue weighted by Crippen LogP contribution is -2.41. The van der Waals surface area contributed by atoms with Gasteiger partial charge in [0.15, 0.2) is 0 Å². The number of nitro groups is 1. The number of hydrogen-bond acceptors (Lipinski definition) is 4. The van der Waals surface area contributed by atoms with Gasteiger partial charge in [0.2, 0.25) is 0 Å². The third-order valence-electron chi connectivity index (χ3n) is 2.72. The molecule has 0 atom stereocenters. The minimum Gasteiger partial charge on any atom is -0.267 e. The smallest absolute Gasteiger partial charge is 0.267 e. The number of halogens is 1. The van der Waals surface area contributed by atoms with Crippen molar-refractivity contribution in [1.82, 2.24) is 10.9 Å². The van der Waals surface area contributed by atoms with Crippen LogP contribution in [0.4, 0.5) is 10.1 Å². The van der Waals surface area contributed by atoms with E-state index in [9.17, 15) is 24.1 Å². The number of carbonyl (C=O) groups is 2. The number of nitrogens with one attached hydrogen (secondary N) is 2. The SMILES string of the molecule is O=C(NNC(=O)c1cccc(F)c1)c1ccc([N+](=O)[O-])cc1. The zero-order valence-corrected chi connectivity index (χ0v) is 11.1. The van der Waals surface area contributed by atoms with E-state index < -0.39 is 22.6 Å². The van der Waals surface area contributed by atoms with Crippen LogP contribution in [0.5, 0.6) is 0 Å². The zero-order valence-electron chi connectivity index (χ0n) is 11.1. The zero-order chi connectivity index (χ0) is 16.1. The highest BCUT2D eigenvalue weighted by molar-refractivity contribution is 5.99. The van der Waals surface area contributed by atoms with Crippen LogP contribution in [0, 0.1) is 15.9 Å². The fourth-order valence-corrected chi connectivity index (χ4v) is 1.62. The summed E-state index contributed by atoms with van der Waals surface area (Å²) in [6, 6.07) is 9.80. The van der Waals surface area contributed by atoms with Crippen LogP contribution in [0.1, 0.15) is 20.7 Å². The van der Waals surface area contributed by atoms with Gasteiger partial charge >= 0.3 is 0 Å². The summed E-state index contributed by atoms with van der Waals surface area (Å²) in [7, 11) is 0. The van der Waals surface area contributed by atoms with Gasteiger partial charge in [-0.25, -0.2) is 4.39 Å². The number of non-ortho nitro benzene ring substituents is 1. The van der Waals surface area contributed by atoms with Crippen molar-refractivity contribution in [2.24, 2.45) is 0 Å². The van der Waals surface area contributed by atoms with E-state index in [0.29, 0.717) is 0 Å². The maximum atomic E-state index is 13.0. The third kappa shape index (κ3) is 3.63. The summed E-state index contributed by atoms with van der Waals surface area (Å²) in [6.45, 7) is 0. The van der Waals surface area contributed by atoms with E-state index in [1.165, 1.54) is 42.5 Å². The van der Waals surface area contributed by atoms with Gasteiger partial charge in [-0.1, -0.05) is 6.07 Å². The molecule has 0 saturated heterocycles. The predicted octanol–water partition coefficient (Wildman–Crippen LogP) is 1.81. The van der Waals surface area contributed by atoms with Crippen LogP contribution < -0.4 is 10.9 Å². The highest BCUT2D eigenvalue weighted by atomic mass is 19.1. The Bertz CT molecular complexity index is 731. The highest BCUT2D eigenvalue weighted by Crippen LogP contribution is 2.11. The first kappa shape index (κ1) is 15.1. The first-order valence-corrected chi connectivity index (χ1v) is 6.08. The highest BCUT2D eigenvalue weighted by Gasteiger charge is 2.11. The second-order valence-corrected chi connectivity index (χ2v) is 4.22. The van der Waals surface area contributed by atoms with Crippen molar-refractivity contribution in [1.29, 1.82) is 0 Å². The van der Waals surface area contributed by atoms with E-state index in [2.05, 4.69) is 10.9 Å². The predicted molar refractivity (Wildman–Crippen MR) is 74.4 cm³/mol. The van der Waals surface area contributed by atoms with E-state index >= 15 is 0 Å². The number of carbonyl (C=O) groups excluding carboxylic acids is 2. The summed E-state index contributed by atoms with van der Waals surface area (Å²) in [6.07, 6.45) is 0. The Kier molecular flexibility index (Phi) is 4.42. The molecule has 8 heteroatoms. The molecule has 0 aliphatic rings. The van der Waals surface area contributed by atoms with Crippen molar-refractivity contribution in [3.8, 4) is 0 Å². The molecule has 0 fully saturated rings. The molecule has 112 valence electrons. The summed E-state index contributed by atoms with van der Waals surface area (Å²) < 4.78 is 13.0. The summed E-state index contributed by atoms with van der Waals surface area (Å²) in [5.41, 5.74) is 4.28. The van der Waals surface area contributed by atoms with Gasteiger partial charge in [-0.05, 0) is 30.3 Å². The average molecular weight is 303 g/mol. The van der Waals surface area contributed by atoms with Crippen LogP contribution in [0.15, 0.2) is 48.5 Å². The molecule has 0 aromatic heterocycles. The molecule has 2 aromatic rings. The Morgan fingerprint density at radius 2 is 1.55 bits per heavy atom. The molecule has 0 spiro atoms. The minimum atomic E-state index is -0.685. The number of rotatable bonds is 3. The number of benzene rings is 2. The quantitative estimate of drug-likeness (QED) is 0.667. The first-order valence-electron chi connectivity index (χ1n) is 6.08. The minimum absolute atomic E-state index is 0.0454. The second-order valence-electron chi connectivity index (χ2n) is 4.22. The molecule has 2 aromatic carbocycles. The van der Waals surface area contributed by atoms with Gasteiger partial charge in [0.25, 0.3) is 17.5 Å². The Morgan fingerprint density at radius 3 is 2.09 bits per heavy atom. The first-order chi connectivity index (χ1) is 10.5. The van der Waals surface area contributed by atoms with Gasteiger partial charge in [-0.15, -0.1) is 0 Å². The Morgan fingerprint density at radius 1 is 0.955 bits per heavy atom. The van der Waals surface area contributed by atoms with Crippen molar-refractivity contribution >= 4 is 17.5 Å². The largest absolute Gasteiger partial charge is 0.269 e. The molecule has 0 aliphatic carbocycles. The number of hydrogen-bond donors (Lipinski definition) is 2. The van der Waals surface area contributed by atoms with E-state index in [-0.39, 0.29) is 16.8 Å². The van der Waals surface area contributed by atoms with E-state index in [1.54, 1.807) is 0 Å². The molecule has 0 bridgehead atoms. The maximum absolute atomic E-state index is 13.0. The Labute approximate surface area is 123 Å². The van der Waals surface area contributed by atoms with Crippen LogP contribution in [-0.4, -0.2) is 16.7 Å². The molecule has 2 amide bonds. The monoisotopic (exact) mass is 303 g/mol. The summed E-state index contributed by atoms with van der Waals surface area (Å²) in [4.78, 5) is 33.4. The van der Waals surface area contributed by atoms with Crippen LogP contribution in [0.2, 0.25) is 0 Å². The molecule has 7 nitrogen and oxygen atoms in total. The fourth-order valence-electron chi connectivity index (χ4n) is 1.62. The molecule has 0 unspecified atom stereocenters. The lowest BCUT2D eigenvalue weighted by atomic mass is 10.2. The van der Waals surface area contributed by atoms with E-state index in [4.69, 9.17) is 0 Å². The van der Waals surface area contributed by atoms with Gasteiger partial charge in [-0.3, -0.25) is 30.6 Å². The van der Waals surface area contributed by atoms with Crippen LogP contribution >= 0.6 is 0 Å². The fraction of sp³-hybridized carbons (Fsp3) is 0. The van der Waals surface area contributed by atoms with Crippen LogP contribution in [0.25, 0.3) is 0 Å². The van der Waals surface area contributed by atoms with Crippen molar-refractivity contribution < 1.29 is 18.9 Å². The summed E-state index contributed by atoms with van der Waals surface area (Å²) >= 11 is 0. The van der Waals surface area contributed by atoms with Gasteiger partial charge in [0, 0.05) is 23.3 Å². The number of amides is 2. The molecule has 0 heterocycles. The van der Waals surface area contributed by atoms with Crippen molar-refractivity contribution in [3.05, 3.63) is 75.6 Å². The summed E-state index contributed by atoms with van der Waals surface area (Å²) in [5, 5.41) is 10.5. The van der Waals surface area contributed by atoms with Crippen molar-refractivity contribution in [3.63, 3.8) is 0 Å². The molecule has 0 aliphatic heterocycles. The molecule has 2 rings (SSSR count). The third-order valence-corrected chi connectivity index (χ3v) is 2.72. The van der Waals surface area contributed by atoms with Gasteiger partial charge in [0.1, 0.15) is 5.82 Å². The molecule has 0 saturated carbocycles. The molecule has 22 heavy (non-hydrogen) atoms. The maximum Gasteiger partial charge on any atom is 0.269 e. The number of nitrogens with zero attached hydrogens (tertiary/aromatic N) is 1. The second kappa shape index (κ2) is 6.44. The standard InChI is InChI=1S/C14H10FN3O4/c15-11-3-1-2-10(8-11)14(20)17-16-13(19)9-4-6-12(7-5-9)18(21)22/h1-8H,(H,16,19)(H,17,20). The lowest BCUT2D eigenvalue weighted by molar-refractivity contribution is -0.384. The lowest BCUT2D eigenvalue weighted by Gasteiger charge is -2.07. The average Bonchev–Trinajstić information content (AvgIpc) is 2.52. The summed E-state index contributed by atoms with van der Waals surface area (Å²) in [5.74, 6) is -1.91. The Hall–Kier alpha value is -3.29. The molecular formula is C14H10FN3O4. The van der Waals surface area contributed by atoms with Gasteiger partial charge < -0.3 is 0 Å². The Balaban J connectivity index is 1.97. The molecule has 2 N–H and O–H groups in total. The van der Waals surface area contributed by atoms with Crippen LogP contribution in [-0.2, 0) is 0 Å². The normalized spacial score (nSPS) is 9.86. The van der Waals surface area contributed by atoms with Gasteiger partial charge in [-0.2, -0.15) is 0 Å². The van der Waals surface area contributed by atoms with Gasteiger partial charge in [0.05, 0.1) is 4.92 Å². The topological polar surface area (TPSA) is 101 Å². The molecule has 0 radical (unpaired) electrons. The van der Waals surface area contributed by atoms with E-state index in [1.807, 2.05) is 0 Å². The molecular weight excluding hydrogens is 293 g/mol. The van der Waals surface area contributed by atoms with Crippen molar-refractivity contribution in [2.45, 2.75) is 0 Å². The number of hydrazine groups is 1. The van der Waals surface area contributed by atoms with Crippen LogP contribution in [0.3, 0.4) is 0 Å². The van der Waals surface area contributed by atoms with E-state index in [0.717, 1.165) is 6.07 Å². The van der Waals surface area contributed by atoms with Crippen molar-refractivity contribution in [2.75, 3.05) is 0 Å². The number of nitro benzene ring substituents is 1.